The van der Waals surface area contributed by atoms with Gasteiger partial charge < -0.3 is 13.7 Å². The molecule has 23 heavy (non-hydrogen) atoms. The Kier molecular flexibility index (Phi) is 5.87. The van der Waals surface area contributed by atoms with Gasteiger partial charge in [-0.25, -0.2) is 0 Å². The molecule has 0 spiro atoms. The van der Waals surface area contributed by atoms with Gasteiger partial charge in [-0.15, -0.1) is 0 Å². The fraction of sp³-hybridized carbons (Fsp3) is 0.294. The van der Waals surface area contributed by atoms with Crippen molar-refractivity contribution < 1.29 is 22.1 Å². The predicted molar refractivity (Wildman–Crippen MR) is 87.6 cm³/mol. The second-order valence-electron chi connectivity index (χ2n) is 4.81. The van der Waals surface area contributed by atoms with E-state index in [2.05, 4.69) is 6.07 Å². The fourth-order valence-electron chi connectivity index (χ4n) is 1.98. The maximum atomic E-state index is 11.3. The van der Waals surface area contributed by atoms with Gasteiger partial charge in [-0.3, -0.25) is 0 Å². The third-order valence-electron chi connectivity index (χ3n) is 2.88. The molecule has 0 saturated heterocycles. The SMILES string of the molecule is CCOc1[c]c(OCCc2ccccc2OS(C)(=O)=O)ccc1. The average Bonchev–Trinajstić information content (AvgIpc) is 2.48. The van der Waals surface area contributed by atoms with Gasteiger partial charge in [0.2, 0.25) is 0 Å². The van der Waals surface area contributed by atoms with Gasteiger partial charge in [0, 0.05) is 6.42 Å². The Hall–Kier alpha value is -2.21. The molecule has 6 heteroatoms. The third-order valence-corrected chi connectivity index (χ3v) is 3.37. The number of benzene rings is 2. The summed E-state index contributed by atoms with van der Waals surface area (Å²) in [5.74, 6) is 1.54. The van der Waals surface area contributed by atoms with E-state index < -0.39 is 10.1 Å². The Morgan fingerprint density at radius 1 is 1.00 bits per heavy atom. The number of ether oxygens (including phenoxy) is 2. The zero-order valence-electron chi connectivity index (χ0n) is 13.1. The van der Waals surface area contributed by atoms with Crippen LogP contribution < -0.4 is 13.7 Å². The van der Waals surface area contributed by atoms with Gasteiger partial charge in [0.15, 0.2) is 0 Å². The standard InChI is InChI=1S/C17H19O5S/c1-3-20-15-8-6-9-16(13-15)21-12-11-14-7-4-5-10-17(14)22-23(2,18)19/h4-10H,3,11-12H2,1-2H3. The van der Waals surface area contributed by atoms with Gasteiger partial charge in [-0.1, -0.05) is 24.3 Å². The van der Waals surface area contributed by atoms with Crippen molar-refractivity contribution in [3.8, 4) is 17.2 Å². The molecule has 0 aliphatic carbocycles. The molecule has 5 nitrogen and oxygen atoms in total. The molecule has 0 unspecified atom stereocenters. The first-order valence-corrected chi connectivity index (χ1v) is 9.05. The lowest BCUT2D eigenvalue weighted by Crippen LogP contribution is -2.09. The first-order valence-electron chi connectivity index (χ1n) is 7.23. The molecule has 0 N–H and O–H groups in total. The van der Waals surface area contributed by atoms with Crippen molar-refractivity contribution in [3.05, 3.63) is 54.1 Å². The van der Waals surface area contributed by atoms with Crippen LogP contribution in [0.1, 0.15) is 12.5 Å². The maximum Gasteiger partial charge on any atom is 0.306 e. The second-order valence-corrected chi connectivity index (χ2v) is 6.38. The van der Waals surface area contributed by atoms with E-state index in [0.717, 1.165) is 11.8 Å². The summed E-state index contributed by atoms with van der Waals surface area (Å²) in [5, 5.41) is 0. The Morgan fingerprint density at radius 2 is 1.70 bits per heavy atom. The molecule has 0 fully saturated rings. The Labute approximate surface area is 136 Å². The molecule has 0 saturated carbocycles. The molecule has 0 atom stereocenters. The fourth-order valence-corrected chi connectivity index (χ4v) is 2.47. The first kappa shape index (κ1) is 17.1. The number of hydrogen-bond donors (Lipinski definition) is 0. The summed E-state index contributed by atoms with van der Waals surface area (Å²) in [6, 6.07) is 15.4. The van der Waals surface area contributed by atoms with E-state index in [1.807, 2.05) is 31.2 Å². The molecule has 0 heterocycles. The van der Waals surface area contributed by atoms with Crippen molar-refractivity contribution in [2.24, 2.45) is 0 Å². The molecule has 0 bridgehead atoms. The molecule has 0 aliphatic heterocycles. The molecule has 2 aromatic carbocycles. The van der Waals surface area contributed by atoms with E-state index >= 15 is 0 Å². The first-order chi connectivity index (χ1) is 11.0. The average molecular weight is 335 g/mol. The highest BCUT2D eigenvalue weighted by Gasteiger charge is 2.09. The summed E-state index contributed by atoms with van der Waals surface area (Å²) in [6.45, 7) is 2.84. The maximum absolute atomic E-state index is 11.3. The second kappa shape index (κ2) is 7.87. The van der Waals surface area contributed by atoms with Crippen molar-refractivity contribution in [2.45, 2.75) is 13.3 Å². The van der Waals surface area contributed by atoms with Gasteiger partial charge in [-0.2, -0.15) is 8.42 Å². The number of hydrogen-bond acceptors (Lipinski definition) is 5. The van der Waals surface area contributed by atoms with Crippen molar-refractivity contribution in [1.29, 1.82) is 0 Å². The van der Waals surface area contributed by atoms with Crippen molar-refractivity contribution in [1.82, 2.24) is 0 Å². The largest absolute Gasteiger partial charge is 0.493 e. The smallest absolute Gasteiger partial charge is 0.306 e. The molecule has 2 aromatic rings. The predicted octanol–water partition coefficient (Wildman–Crippen LogP) is 2.85. The van der Waals surface area contributed by atoms with E-state index in [9.17, 15) is 8.42 Å². The third kappa shape index (κ3) is 5.83. The lowest BCUT2D eigenvalue weighted by Gasteiger charge is -2.11. The minimum atomic E-state index is -3.55. The van der Waals surface area contributed by atoms with E-state index in [-0.39, 0.29) is 0 Å². The monoisotopic (exact) mass is 335 g/mol. The highest BCUT2D eigenvalue weighted by atomic mass is 32.2. The summed E-state index contributed by atoms with van der Waals surface area (Å²) >= 11 is 0. The van der Waals surface area contributed by atoms with Crippen molar-refractivity contribution in [3.63, 3.8) is 0 Å². The molecule has 123 valence electrons. The van der Waals surface area contributed by atoms with Crippen LogP contribution in [-0.2, 0) is 16.5 Å². The molecule has 0 amide bonds. The molecule has 1 radical (unpaired) electrons. The van der Waals surface area contributed by atoms with Crippen LogP contribution in [0.5, 0.6) is 17.2 Å². The zero-order valence-corrected chi connectivity index (χ0v) is 13.9. The molecule has 0 aliphatic rings. The zero-order chi connectivity index (χ0) is 16.7. The molecule has 2 rings (SSSR count). The summed E-state index contributed by atoms with van der Waals surface area (Å²) in [7, 11) is -3.55. The minimum absolute atomic E-state index is 0.325. The summed E-state index contributed by atoms with van der Waals surface area (Å²) in [5.41, 5.74) is 0.763. The summed E-state index contributed by atoms with van der Waals surface area (Å²) in [4.78, 5) is 0. The van der Waals surface area contributed by atoms with Gasteiger partial charge in [0.05, 0.1) is 25.5 Å². The normalized spacial score (nSPS) is 11.0. The molecule has 0 aromatic heterocycles. The Balaban J connectivity index is 1.98. The topological polar surface area (TPSA) is 61.8 Å². The van der Waals surface area contributed by atoms with E-state index in [1.165, 1.54) is 0 Å². The van der Waals surface area contributed by atoms with Crippen LogP contribution in [-0.4, -0.2) is 27.9 Å². The number of rotatable bonds is 8. The van der Waals surface area contributed by atoms with Crippen LogP contribution in [0.3, 0.4) is 0 Å². The van der Waals surface area contributed by atoms with Gasteiger partial charge >= 0.3 is 10.1 Å². The quantitative estimate of drug-likeness (QED) is 0.694. The van der Waals surface area contributed by atoms with Crippen LogP contribution >= 0.6 is 0 Å². The molecular formula is C17H19O5S. The lowest BCUT2D eigenvalue weighted by atomic mass is 10.1. The highest BCUT2D eigenvalue weighted by Crippen LogP contribution is 2.22. The van der Waals surface area contributed by atoms with Crippen LogP contribution in [0, 0.1) is 6.07 Å². The van der Waals surface area contributed by atoms with Crippen LogP contribution in [0.15, 0.2) is 42.5 Å². The van der Waals surface area contributed by atoms with E-state index in [0.29, 0.717) is 36.9 Å². The van der Waals surface area contributed by atoms with Crippen LogP contribution in [0.25, 0.3) is 0 Å². The Bertz CT molecular complexity index is 740. The molecular weight excluding hydrogens is 316 g/mol. The lowest BCUT2D eigenvalue weighted by molar-refractivity contribution is 0.310. The van der Waals surface area contributed by atoms with Crippen LogP contribution in [0.4, 0.5) is 0 Å². The Morgan fingerprint density at radius 3 is 2.39 bits per heavy atom. The number of para-hydroxylation sites is 1. The van der Waals surface area contributed by atoms with Gasteiger partial charge in [0.1, 0.15) is 17.2 Å². The van der Waals surface area contributed by atoms with E-state index in [1.54, 1.807) is 18.2 Å². The van der Waals surface area contributed by atoms with E-state index in [4.69, 9.17) is 13.7 Å². The highest BCUT2D eigenvalue weighted by molar-refractivity contribution is 7.86. The van der Waals surface area contributed by atoms with Gasteiger partial charge in [-0.05, 0) is 30.7 Å². The summed E-state index contributed by atoms with van der Waals surface area (Å²) < 4.78 is 38.5. The van der Waals surface area contributed by atoms with Crippen molar-refractivity contribution >= 4 is 10.1 Å². The van der Waals surface area contributed by atoms with Gasteiger partial charge in [0.25, 0.3) is 0 Å². The summed E-state index contributed by atoms with van der Waals surface area (Å²) in [6.07, 6.45) is 1.53. The minimum Gasteiger partial charge on any atom is -0.493 e. The van der Waals surface area contributed by atoms with Crippen LogP contribution in [0.2, 0.25) is 0 Å². The van der Waals surface area contributed by atoms with Crippen molar-refractivity contribution in [2.75, 3.05) is 19.5 Å².